The highest BCUT2D eigenvalue weighted by molar-refractivity contribution is 6.01. The van der Waals surface area contributed by atoms with Crippen molar-refractivity contribution in [3.63, 3.8) is 0 Å². The topological polar surface area (TPSA) is 87.7 Å². The average molecular weight is 450 g/mol. The van der Waals surface area contributed by atoms with Crippen LogP contribution in [0.3, 0.4) is 0 Å². The van der Waals surface area contributed by atoms with Crippen molar-refractivity contribution < 1.29 is 19.1 Å². The number of rotatable bonds is 5. The third-order valence-electron chi connectivity index (χ3n) is 6.51. The summed E-state index contributed by atoms with van der Waals surface area (Å²) in [6, 6.07) is 11.6. The van der Waals surface area contributed by atoms with E-state index in [2.05, 4.69) is 10.6 Å². The molecule has 33 heavy (non-hydrogen) atoms. The quantitative estimate of drug-likeness (QED) is 0.730. The van der Waals surface area contributed by atoms with Crippen LogP contribution in [0.25, 0.3) is 0 Å². The Labute approximate surface area is 194 Å². The van der Waals surface area contributed by atoms with Crippen molar-refractivity contribution in [3.05, 3.63) is 59.2 Å². The second-order valence-electron chi connectivity index (χ2n) is 9.05. The first-order valence-electron chi connectivity index (χ1n) is 11.5. The van der Waals surface area contributed by atoms with Crippen LogP contribution in [0, 0.1) is 13.8 Å². The Kier molecular flexibility index (Phi) is 6.67. The molecule has 1 aliphatic heterocycles. The monoisotopic (exact) mass is 449 g/mol. The highest BCUT2D eigenvalue weighted by Crippen LogP contribution is 2.31. The van der Waals surface area contributed by atoms with Gasteiger partial charge in [-0.3, -0.25) is 14.4 Å². The van der Waals surface area contributed by atoms with Crippen LogP contribution in [0.15, 0.2) is 42.5 Å². The molecule has 2 fully saturated rings. The number of nitrogens with one attached hydrogen (secondary N) is 2. The first-order chi connectivity index (χ1) is 15.9. The minimum Gasteiger partial charge on any atom is -0.497 e. The molecule has 0 spiro atoms. The number of hydrogen-bond acceptors (Lipinski definition) is 4. The smallest absolute Gasteiger partial charge is 0.254 e. The van der Waals surface area contributed by atoms with Gasteiger partial charge in [0.05, 0.1) is 19.6 Å². The Morgan fingerprint density at radius 2 is 1.73 bits per heavy atom. The lowest BCUT2D eigenvalue weighted by molar-refractivity contribution is -0.135. The fourth-order valence-corrected chi connectivity index (χ4v) is 5.05. The SMILES string of the molecule is COc1ccc(C(=O)N2C(CC(=O)Nc3cc(C)cc(C)c3)C(=O)NC3CCCCC32)cc1. The molecule has 1 saturated heterocycles. The average Bonchev–Trinajstić information content (AvgIpc) is 2.78. The highest BCUT2D eigenvalue weighted by atomic mass is 16.5. The van der Waals surface area contributed by atoms with Crippen molar-refractivity contribution in [2.75, 3.05) is 12.4 Å². The first-order valence-corrected chi connectivity index (χ1v) is 11.5. The van der Waals surface area contributed by atoms with Gasteiger partial charge in [0.25, 0.3) is 5.91 Å². The molecule has 2 aromatic rings. The Bertz CT molecular complexity index is 1030. The minimum atomic E-state index is -0.857. The lowest BCUT2D eigenvalue weighted by atomic mass is 9.84. The summed E-state index contributed by atoms with van der Waals surface area (Å²) in [5, 5.41) is 5.98. The number of nitrogens with zero attached hydrogens (tertiary/aromatic N) is 1. The molecule has 2 aromatic carbocycles. The van der Waals surface area contributed by atoms with E-state index in [4.69, 9.17) is 4.74 Å². The van der Waals surface area contributed by atoms with E-state index in [0.717, 1.165) is 36.8 Å². The fourth-order valence-electron chi connectivity index (χ4n) is 5.05. The second-order valence-corrected chi connectivity index (χ2v) is 9.05. The van der Waals surface area contributed by atoms with Crippen molar-refractivity contribution in [2.24, 2.45) is 0 Å². The highest BCUT2D eigenvalue weighted by Gasteiger charge is 2.46. The van der Waals surface area contributed by atoms with E-state index in [1.165, 1.54) is 0 Å². The number of fused-ring (bicyclic) bond motifs is 1. The van der Waals surface area contributed by atoms with Gasteiger partial charge in [-0.1, -0.05) is 18.9 Å². The number of ether oxygens (including phenoxy) is 1. The van der Waals surface area contributed by atoms with Crippen LogP contribution < -0.4 is 15.4 Å². The standard InChI is InChI=1S/C26H31N3O4/c1-16-12-17(2)14-19(13-16)27-24(30)15-23-25(31)28-21-6-4-5-7-22(21)29(23)26(32)18-8-10-20(33-3)11-9-18/h8-14,21-23H,4-7,15H2,1-3H3,(H,27,30)(H,28,31). The van der Waals surface area contributed by atoms with Gasteiger partial charge in [0.2, 0.25) is 11.8 Å². The van der Waals surface area contributed by atoms with Crippen LogP contribution in [0.5, 0.6) is 5.75 Å². The number of hydrogen-bond donors (Lipinski definition) is 2. The van der Waals surface area contributed by atoms with Gasteiger partial charge in [-0.05, 0) is 74.2 Å². The molecule has 7 nitrogen and oxygen atoms in total. The zero-order chi connectivity index (χ0) is 23.5. The number of anilines is 1. The van der Waals surface area contributed by atoms with Gasteiger partial charge in [-0.15, -0.1) is 0 Å². The van der Waals surface area contributed by atoms with Gasteiger partial charge in [0, 0.05) is 17.3 Å². The third kappa shape index (κ3) is 5.02. The van der Waals surface area contributed by atoms with Gasteiger partial charge >= 0.3 is 0 Å². The molecule has 1 aliphatic carbocycles. The van der Waals surface area contributed by atoms with E-state index in [-0.39, 0.29) is 36.2 Å². The number of benzene rings is 2. The Hall–Kier alpha value is -3.35. The molecular weight excluding hydrogens is 418 g/mol. The van der Waals surface area contributed by atoms with Crippen LogP contribution in [-0.2, 0) is 9.59 Å². The molecule has 4 rings (SSSR count). The van der Waals surface area contributed by atoms with Gasteiger partial charge < -0.3 is 20.3 Å². The predicted molar refractivity (Wildman–Crippen MR) is 126 cm³/mol. The largest absolute Gasteiger partial charge is 0.497 e. The molecule has 2 N–H and O–H groups in total. The Morgan fingerprint density at radius 1 is 1.06 bits per heavy atom. The summed E-state index contributed by atoms with van der Waals surface area (Å²) in [4.78, 5) is 41.3. The van der Waals surface area contributed by atoms with Crippen molar-refractivity contribution in [3.8, 4) is 5.75 Å². The van der Waals surface area contributed by atoms with Gasteiger partial charge in [-0.25, -0.2) is 0 Å². The molecule has 3 atom stereocenters. The number of amides is 3. The zero-order valence-electron chi connectivity index (χ0n) is 19.4. The Balaban J connectivity index is 1.59. The summed E-state index contributed by atoms with van der Waals surface area (Å²) in [6.07, 6.45) is 3.56. The van der Waals surface area contributed by atoms with Crippen LogP contribution in [0.1, 0.15) is 53.6 Å². The molecule has 0 radical (unpaired) electrons. The number of aryl methyl sites for hydroxylation is 2. The molecular formula is C26H31N3O4. The normalized spacial score (nSPS) is 22.2. The summed E-state index contributed by atoms with van der Waals surface area (Å²) in [6.45, 7) is 3.94. The van der Waals surface area contributed by atoms with Crippen molar-refractivity contribution in [2.45, 2.75) is 64.1 Å². The minimum absolute atomic E-state index is 0.0767. The molecule has 7 heteroatoms. The van der Waals surface area contributed by atoms with E-state index in [1.54, 1.807) is 36.3 Å². The summed E-state index contributed by atoms with van der Waals surface area (Å²) in [5.74, 6) is -0.131. The lowest BCUT2D eigenvalue weighted by Crippen LogP contribution is -2.68. The van der Waals surface area contributed by atoms with Crippen molar-refractivity contribution in [1.82, 2.24) is 10.2 Å². The van der Waals surface area contributed by atoms with E-state index in [1.807, 2.05) is 32.0 Å². The van der Waals surface area contributed by atoms with Crippen molar-refractivity contribution in [1.29, 1.82) is 0 Å². The molecule has 1 saturated carbocycles. The lowest BCUT2D eigenvalue weighted by Gasteiger charge is -2.48. The number of carbonyl (C=O) groups is 3. The van der Waals surface area contributed by atoms with Crippen LogP contribution in [0.4, 0.5) is 5.69 Å². The molecule has 1 heterocycles. The van der Waals surface area contributed by atoms with Crippen molar-refractivity contribution >= 4 is 23.4 Å². The maximum atomic E-state index is 13.6. The number of piperazine rings is 1. The third-order valence-corrected chi connectivity index (χ3v) is 6.51. The molecule has 2 aliphatic rings. The van der Waals surface area contributed by atoms with Gasteiger partial charge in [-0.2, -0.15) is 0 Å². The van der Waals surface area contributed by atoms with E-state index >= 15 is 0 Å². The van der Waals surface area contributed by atoms with E-state index < -0.39 is 6.04 Å². The molecule has 0 bridgehead atoms. The zero-order valence-corrected chi connectivity index (χ0v) is 19.4. The van der Waals surface area contributed by atoms with Gasteiger partial charge in [0.1, 0.15) is 11.8 Å². The second kappa shape index (κ2) is 9.65. The van der Waals surface area contributed by atoms with Crippen LogP contribution in [0.2, 0.25) is 0 Å². The molecule has 0 aromatic heterocycles. The Morgan fingerprint density at radius 3 is 2.39 bits per heavy atom. The molecule has 174 valence electrons. The van der Waals surface area contributed by atoms with E-state index in [0.29, 0.717) is 17.0 Å². The first kappa shape index (κ1) is 22.8. The molecule has 3 unspecified atom stereocenters. The van der Waals surface area contributed by atoms with Crippen LogP contribution >= 0.6 is 0 Å². The van der Waals surface area contributed by atoms with Gasteiger partial charge in [0.15, 0.2) is 0 Å². The van der Waals surface area contributed by atoms with Crippen LogP contribution in [-0.4, -0.2) is 47.9 Å². The summed E-state index contributed by atoms with van der Waals surface area (Å²) >= 11 is 0. The maximum absolute atomic E-state index is 13.6. The summed E-state index contributed by atoms with van der Waals surface area (Å²) < 4.78 is 5.20. The summed E-state index contributed by atoms with van der Waals surface area (Å²) in [7, 11) is 1.57. The molecule has 3 amide bonds. The fraction of sp³-hybridized carbons (Fsp3) is 0.423. The number of methoxy groups -OCH3 is 1. The predicted octanol–water partition coefficient (Wildman–Crippen LogP) is 3.59. The summed E-state index contributed by atoms with van der Waals surface area (Å²) in [5.41, 5.74) is 3.26. The maximum Gasteiger partial charge on any atom is 0.254 e. The van der Waals surface area contributed by atoms with E-state index in [9.17, 15) is 14.4 Å². The number of carbonyl (C=O) groups excluding carboxylic acids is 3.